The minimum absolute atomic E-state index is 0.0206. The minimum atomic E-state index is -0.265. The van der Waals surface area contributed by atoms with Crippen LogP contribution in [0.4, 0.5) is 0 Å². The first-order valence-electron chi connectivity index (χ1n) is 5.16. The molecule has 1 unspecified atom stereocenters. The topological polar surface area (TPSA) is 49.4 Å². The summed E-state index contributed by atoms with van der Waals surface area (Å²) < 4.78 is 0. The zero-order valence-corrected chi connectivity index (χ0v) is 9.04. The van der Waals surface area contributed by atoms with Gasteiger partial charge in [0, 0.05) is 19.0 Å². The van der Waals surface area contributed by atoms with Crippen molar-refractivity contribution in [3.63, 3.8) is 0 Å². The van der Waals surface area contributed by atoms with Crippen LogP contribution in [-0.2, 0) is 9.59 Å². The molecule has 0 radical (unpaired) electrons. The first-order valence-corrected chi connectivity index (χ1v) is 5.16. The van der Waals surface area contributed by atoms with Crippen molar-refractivity contribution < 1.29 is 9.59 Å². The molecule has 0 bridgehead atoms. The molecule has 4 heteroatoms. The van der Waals surface area contributed by atoms with Gasteiger partial charge in [-0.2, -0.15) is 0 Å². The molecule has 0 aromatic rings. The molecule has 0 aromatic heterocycles. The monoisotopic (exact) mass is 198 g/mol. The van der Waals surface area contributed by atoms with E-state index in [1.54, 1.807) is 4.90 Å². The smallest absolute Gasteiger partial charge is 0.242 e. The highest BCUT2D eigenvalue weighted by Crippen LogP contribution is 2.12. The van der Waals surface area contributed by atoms with Crippen LogP contribution in [0.5, 0.6) is 0 Å². The van der Waals surface area contributed by atoms with E-state index >= 15 is 0 Å². The molecule has 1 saturated heterocycles. The standard InChI is InChI=1S/C10H18N2O2/c1-4-8-9(13)11-5-6-12(8)10(14)7(2)3/h7-8H,4-6H2,1-3H3,(H,11,13). The van der Waals surface area contributed by atoms with Crippen molar-refractivity contribution in [2.24, 2.45) is 5.92 Å². The summed E-state index contributed by atoms with van der Waals surface area (Å²) in [6, 6.07) is -0.265. The van der Waals surface area contributed by atoms with E-state index in [0.29, 0.717) is 19.5 Å². The van der Waals surface area contributed by atoms with Gasteiger partial charge in [-0.1, -0.05) is 20.8 Å². The van der Waals surface area contributed by atoms with Crippen LogP contribution in [0.15, 0.2) is 0 Å². The van der Waals surface area contributed by atoms with Gasteiger partial charge in [-0.3, -0.25) is 9.59 Å². The van der Waals surface area contributed by atoms with Crippen LogP contribution >= 0.6 is 0 Å². The third-order valence-electron chi connectivity index (χ3n) is 2.49. The quantitative estimate of drug-likeness (QED) is 0.697. The maximum atomic E-state index is 11.8. The lowest BCUT2D eigenvalue weighted by Gasteiger charge is -2.35. The Kier molecular flexibility index (Phi) is 3.49. The second kappa shape index (κ2) is 4.44. The van der Waals surface area contributed by atoms with E-state index in [4.69, 9.17) is 0 Å². The second-order valence-corrected chi connectivity index (χ2v) is 3.90. The predicted molar refractivity (Wildman–Crippen MR) is 53.6 cm³/mol. The first-order chi connectivity index (χ1) is 6.57. The average Bonchev–Trinajstić information content (AvgIpc) is 2.16. The number of carbonyl (C=O) groups excluding carboxylic acids is 2. The molecule has 14 heavy (non-hydrogen) atoms. The number of carbonyl (C=O) groups is 2. The summed E-state index contributed by atoms with van der Waals surface area (Å²) in [6.07, 6.45) is 0.685. The van der Waals surface area contributed by atoms with E-state index in [0.717, 1.165) is 0 Å². The Morgan fingerprint density at radius 1 is 1.64 bits per heavy atom. The SMILES string of the molecule is CCC1C(=O)NCCN1C(=O)C(C)C. The molecular weight excluding hydrogens is 180 g/mol. The lowest BCUT2D eigenvalue weighted by molar-refractivity contribution is -0.145. The molecule has 1 rings (SSSR count). The zero-order valence-electron chi connectivity index (χ0n) is 9.04. The van der Waals surface area contributed by atoms with Crippen molar-refractivity contribution in [3.05, 3.63) is 0 Å². The van der Waals surface area contributed by atoms with Gasteiger partial charge in [-0.15, -0.1) is 0 Å². The van der Waals surface area contributed by atoms with Gasteiger partial charge < -0.3 is 10.2 Å². The number of amides is 2. The minimum Gasteiger partial charge on any atom is -0.353 e. The Hall–Kier alpha value is -1.06. The second-order valence-electron chi connectivity index (χ2n) is 3.90. The fraction of sp³-hybridized carbons (Fsp3) is 0.800. The van der Waals surface area contributed by atoms with Crippen molar-refractivity contribution in [1.82, 2.24) is 10.2 Å². The largest absolute Gasteiger partial charge is 0.353 e. The number of hydrogen-bond donors (Lipinski definition) is 1. The third kappa shape index (κ3) is 2.05. The molecule has 4 nitrogen and oxygen atoms in total. The van der Waals surface area contributed by atoms with Gasteiger partial charge >= 0.3 is 0 Å². The highest BCUT2D eigenvalue weighted by molar-refractivity contribution is 5.89. The van der Waals surface area contributed by atoms with Crippen molar-refractivity contribution in [1.29, 1.82) is 0 Å². The number of rotatable bonds is 2. The van der Waals surface area contributed by atoms with E-state index in [1.807, 2.05) is 20.8 Å². The van der Waals surface area contributed by atoms with Gasteiger partial charge in [0.1, 0.15) is 6.04 Å². The predicted octanol–water partition coefficient (Wildman–Crippen LogP) is 0.379. The van der Waals surface area contributed by atoms with Crippen LogP contribution in [0.25, 0.3) is 0 Å². The Morgan fingerprint density at radius 2 is 2.29 bits per heavy atom. The fourth-order valence-corrected chi connectivity index (χ4v) is 1.72. The summed E-state index contributed by atoms with van der Waals surface area (Å²) in [4.78, 5) is 24.9. The molecule has 80 valence electrons. The summed E-state index contributed by atoms with van der Waals surface area (Å²) in [5, 5.41) is 2.77. The Bertz CT molecular complexity index is 238. The lowest BCUT2D eigenvalue weighted by atomic mass is 10.1. The van der Waals surface area contributed by atoms with E-state index < -0.39 is 0 Å². The van der Waals surface area contributed by atoms with E-state index in [1.165, 1.54) is 0 Å². The Balaban J connectivity index is 2.74. The number of hydrogen-bond acceptors (Lipinski definition) is 2. The third-order valence-corrected chi connectivity index (χ3v) is 2.49. The first kappa shape index (κ1) is 11.0. The molecule has 1 aliphatic heterocycles. The van der Waals surface area contributed by atoms with Crippen molar-refractivity contribution >= 4 is 11.8 Å². The molecular formula is C10H18N2O2. The van der Waals surface area contributed by atoms with Crippen LogP contribution in [0.3, 0.4) is 0 Å². The normalized spacial score (nSPS) is 22.4. The Labute approximate surface area is 84.7 Å². The van der Waals surface area contributed by atoms with Gasteiger partial charge in [0.2, 0.25) is 11.8 Å². The summed E-state index contributed by atoms with van der Waals surface area (Å²) >= 11 is 0. The van der Waals surface area contributed by atoms with Gasteiger partial charge in [0.25, 0.3) is 0 Å². The number of piperazine rings is 1. The molecule has 1 fully saturated rings. The molecule has 0 aromatic carbocycles. The molecule has 1 heterocycles. The lowest BCUT2D eigenvalue weighted by Crippen LogP contribution is -2.57. The highest BCUT2D eigenvalue weighted by Gasteiger charge is 2.32. The van der Waals surface area contributed by atoms with Gasteiger partial charge in [0.15, 0.2) is 0 Å². The van der Waals surface area contributed by atoms with Crippen molar-refractivity contribution in [3.8, 4) is 0 Å². The average molecular weight is 198 g/mol. The number of nitrogens with one attached hydrogen (secondary N) is 1. The van der Waals surface area contributed by atoms with Crippen LogP contribution in [0, 0.1) is 5.92 Å². The molecule has 1 N–H and O–H groups in total. The van der Waals surface area contributed by atoms with Gasteiger partial charge in [-0.25, -0.2) is 0 Å². The summed E-state index contributed by atoms with van der Waals surface area (Å²) in [5.74, 6) is 0.0226. The summed E-state index contributed by atoms with van der Waals surface area (Å²) in [6.45, 7) is 6.87. The van der Waals surface area contributed by atoms with E-state index in [2.05, 4.69) is 5.32 Å². The van der Waals surface area contributed by atoms with Crippen molar-refractivity contribution in [2.45, 2.75) is 33.2 Å². The highest BCUT2D eigenvalue weighted by atomic mass is 16.2. The Morgan fingerprint density at radius 3 is 2.79 bits per heavy atom. The van der Waals surface area contributed by atoms with Gasteiger partial charge in [0.05, 0.1) is 0 Å². The summed E-state index contributed by atoms with van der Waals surface area (Å²) in [7, 11) is 0. The summed E-state index contributed by atoms with van der Waals surface area (Å²) in [5.41, 5.74) is 0. The van der Waals surface area contributed by atoms with Crippen LogP contribution in [0.2, 0.25) is 0 Å². The van der Waals surface area contributed by atoms with Crippen LogP contribution in [-0.4, -0.2) is 35.8 Å². The van der Waals surface area contributed by atoms with E-state index in [9.17, 15) is 9.59 Å². The van der Waals surface area contributed by atoms with Crippen molar-refractivity contribution in [2.75, 3.05) is 13.1 Å². The molecule has 1 atom stereocenters. The maximum Gasteiger partial charge on any atom is 0.242 e. The van der Waals surface area contributed by atoms with Crippen LogP contribution in [0.1, 0.15) is 27.2 Å². The molecule has 0 aliphatic carbocycles. The number of nitrogens with zero attached hydrogens (tertiary/aromatic N) is 1. The fourth-order valence-electron chi connectivity index (χ4n) is 1.72. The maximum absolute atomic E-state index is 11.8. The van der Waals surface area contributed by atoms with Crippen LogP contribution < -0.4 is 5.32 Å². The molecule has 0 saturated carbocycles. The van der Waals surface area contributed by atoms with E-state index in [-0.39, 0.29) is 23.8 Å². The molecule has 2 amide bonds. The van der Waals surface area contributed by atoms with Gasteiger partial charge in [-0.05, 0) is 6.42 Å². The molecule has 0 spiro atoms. The zero-order chi connectivity index (χ0) is 10.7. The molecule has 1 aliphatic rings.